The summed E-state index contributed by atoms with van der Waals surface area (Å²) in [6.45, 7) is 3.85. The normalized spacial score (nSPS) is 17.6. The molecule has 3 aromatic rings. The molecule has 2 fully saturated rings. The largest absolute Gasteiger partial charge is 0.494 e. The summed E-state index contributed by atoms with van der Waals surface area (Å²) in [6.07, 6.45) is 2.07. The Kier molecular flexibility index (Phi) is 5.32. The highest BCUT2D eigenvalue weighted by Gasteiger charge is 2.52. The number of benzene rings is 2. The lowest BCUT2D eigenvalue weighted by Crippen LogP contribution is -2.36. The van der Waals surface area contributed by atoms with Crippen LogP contribution in [0.25, 0.3) is 0 Å². The third-order valence-electron chi connectivity index (χ3n) is 6.88. The van der Waals surface area contributed by atoms with Gasteiger partial charge in [-0.15, -0.1) is 0 Å². The SMILES string of the molecule is COc1cc(N2CCOCC2)ccc1Nc1nc2c(c(Nc3ccc(F)c(F)c3)n1)C1(CC1)CN2. The maximum Gasteiger partial charge on any atom is 0.231 e. The molecule has 0 radical (unpaired) electrons. The smallest absolute Gasteiger partial charge is 0.231 e. The molecule has 3 aliphatic rings. The van der Waals surface area contributed by atoms with E-state index >= 15 is 0 Å². The molecule has 10 heteroatoms. The van der Waals surface area contributed by atoms with Crippen molar-refractivity contribution < 1.29 is 18.3 Å². The van der Waals surface area contributed by atoms with Gasteiger partial charge in [-0.1, -0.05) is 0 Å². The van der Waals surface area contributed by atoms with Crippen LogP contribution in [0.1, 0.15) is 18.4 Å². The average Bonchev–Trinajstić information content (AvgIpc) is 3.57. The summed E-state index contributed by atoms with van der Waals surface area (Å²) in [5, 5.41) is 9.85. The molecule has 1 saturated carbocycles. The van der Waals surface area contributed by atoms with Crippen LogP contribution in [0.15, 0.2) is 36.4 Å². The number of hydrogen-bond donors (Lipinski definition) is 3. The predicted molar refractivity (Wildman–Crippen MR) is 130 cm³/mol. The first kappa shape index (κ1) is 21.8. The maximum atomic E-state index is 13.8. The second kappa shape index (κ2) is 8.53. The van der Waals surface area contributed by atoms with Gasteiger partial charge in [-0.05, 0) is 37.1 Å². The minimum Gasteiger partial charge on any atom is -0.494 e. The van der Waals surface area contributed by atoms with E-state index in [4.69, 9.17) is 19.4 Å². The van der Waals surface area contributed by atoms with Crippen molar-refractivity contribution in [2.24, 2.45) is 0 Å². The van der Waals surface area contributed by atoms with Gasteiger partial charge in [-0.3, -0.25) is 0 Å². The quantitative estimate of drug-likeness (QED) is 0.474. The molecule has 1 aromatic heterocycles. The van der Waals surface area contributed by atoms with Crippen LogP contribution in [0.5, 0.6) is 5.75 Å². The fourth-order valence-corrected chi connectivity index (χ4v) is 4.79. The van der Waals surface area contributed by atoms with Crippen molar-refractivity contribution in [3.63, 3.8) is 0 Å². The van der Waals surface area contributed by atoms with Gasteiger partial charge in [0.2, 0.25) is 5.95 Å². The molecule has 2 aliphatic heterocycles. The van der Waals surface area contributed by atoms with E-state index in [0.717, 1.165) is 67.4 Å². The average molecular weight is 481 g/mol. The fourth-order valence-electron chi connectivity index (χ4n) is 4.79. The molecule has 6 rings (SSSR count). The van der Waals surface area contributed by atoms with Crippen molar-refractivity contribution in [3.8, 4) is 5.75 Å². The first-order valence-corrected chi connectivity index (χ1v) is 11.7. The van der Waals surface area contributed by atoms with E-state index in [2.05, 4.69) is 20.9 Å². The summed E-state index contributed by atoms with van der Waals surface area (Å²) in [5.41, 5.74) is 3.19. The summed E-state index contributed by atoms with van der Waals surface area (Å²) >= 11 is 0. The molecular formula is C25H26F2N6O2. The molecule has 182 valence electrons. The summed E-state index contributed by atoms with van der Waals surface area (Å²) in [5.74, 6) is 0.558. The Labute approximate surface area is 201 Å². The van der Waals surface area contributed by atoms with Crippen molar-refractivity contribution >= 4 is 34.6 Å². The minimum absolute atomic E-state index is 0.00767. The summed E-state index contributed by atoms with van der Waals surface area (Å²) in [7, 11) is 1.63. The van der Waals surface area contributed by atoms with Crippen molar-refractivity contribution in [2.75, 3.05) is 60.8 Å². The van der Waals surface area contributed by atoms with Crippen LogP contribution in [-0.4, -0.2) is 49.9 Å². The zero-order valence-corrected chi connectivity index (χ0v) is 19.3. The van der Waals surface area contributed by atoms with Crippen LogP contribution in [-0.2, 0) is 10.2 Å². The van der Waals surface area contributed by atoms with E-state index in [-0.39, 0.29) is 5.41 Å². The van der Waals surface area contributed by atoms with E-state index < -0.39 is 11.6 Å². The van der Waals surface area contributed by atoms with Gasteiger partial charge in [-0.25, -0.2) is 8.78 Å². The number of methoxy groups -OCH3 is 1. The lowest BCUT2D eigenvalue weighted by atomic mass is 10.0. The van der Waals surface area contributed by atoms with Gasteiger partial charge in [0.15, 0.2) is 11.6 Å². The Balaban J connectivity index is 1.32. The number of morpholine rings is 1. The van der Waals surface area contributed by atoms with Crippen LogP contribution >= 0.6 is 0 Å². The molecule has 1 aliphatic carbocycles. The van der Waals surface area contributed by atoms with E-state index in [1.54, 1.807) is 7.11 Å². The van der Waals surface area contributed by atoms with Crippen LogP contribution in [0.3, 0.4) is 0 Å². The standard InChI is InChI=1S/C25H26F2N6O2/c1-34-20-13-16(33-8-10-35-11-9-33)3-5-19(20)30-24-31-22-21(25(6-7-25)14-28-22)23(32-24)29-15-2-4-17(26)18(27)12-15/h2-5,12-13H,6-11,14H2,1H3,(H3,28,29,30,31,32). The molecule has 1 spiro atoms. The van der Waals surface area contributed by atoms with Gasteiger partial charge in [0.1, 0.15) is 17.4 Å². The van der Waals surface area contributed by atoms with Crippen molar-refractivity contribution in [1.82, 2.24) is 9.97 Å². The molecule has 3 N–H and O–H groups in total. The number of aromatic nitrogens is 2. The van der Waals surface area contributed by atoms with Gasteiger partial charge in [-0.2, -0.15) is 9.97 Å². The highest BCUT2D eigenvalue weighted by molar-refractivity contribution is 5.76. The number of rotatable bonds is 6. The molecule has 2 aromatic carbocycles. The number of nitrogens with zero attached hydrogens (tertiary/aromatic N) is 3. The second-order valence-electron chi connectivity index (χ2n) is 9.12. The van der Waals surface area contributed by atoms with Crippen molar-refractivity contribution in [2.45, 2.75) is 18.3 Å². The molecule has 1 saturated heterocycles. The van der Waals surface area contributed by atoms with Gasteiger partial charge >= 0.3 is 0 Å². The summed E-state index contributed by atoms with van der Waals surface area (Å²) in [6, 6.07) is 9.69. The summed E-state index contributed by atoms with van der Waals surface area (Å²) in [4.78, 5) is 11.7. The molecular weight excluding hydrogens is 454 g/mol. The molecule has 3 heterocycles. The first-order valence-electron chi connectivity index (χ1n) is 11.7. The molecule has 0 bridgehead atoms. The number of hydrogen-bond acceptors (Lipinski definition) is 8. The van der Waals surface area contributed by atoms with Crippen LogP contribution < -0.4 is 25.6 Å². The Bertz CT molecular complexity index is 1280. The first-order chi connectivity index (χ1) is 17.0. The monoisotopic (exact) mass is 480 g/mol. The highest BCUT2D eigenvalue weighted by Crippen LogP contribution is 2.56. The molecule has 0 amide bonds. The van der Waals surface area contributed by atoms with E-state index in [1.807, 2.05) is 18.2 Å². The number of anilines is 6. The highest BCUT2D eigenvalue weighted by atomic mass is 19.2. The molecule has 0 atom stereocenters. The molecule has 0 unspecified atom stereocenters. The third-order valence-corrected chi connectivity index (χ3v) is 6.88. The fraction of sp³-hybridized carbons (Fsp3) is 0.360. The Morgan fingerprint density at radius 3 is 2.60 bits per heavy atom. The zero-order chi connectivity index (χ0) is 24.0. The van der Waals surface area contributed by atoms with Crippen LogP contribution in [0.2, 0.25) is 0 Å². The van der Waals surface area contributed by atoms with E-state index in [0.29, 0.717) is 36.4 Å². The second-order valence-corrected chi connectivity index (χ2v) is 9.12. The van der Waals surface area contributed by atoms with Gasteiger partial charge in [0, 0.05) is 54.1 Å². The Hall–Kier alpha value is -3.66. The number of fused-ring (bicyclic) bond motifs is 2. The molecule has 8 nitrogen and oxygen atoms in total. The maximum absolute atomic E-state index is 13.8. The Morgan fingerprint density at radius 1 is 1.03 bits per heavy atom. The lowest BCUT2D eigenvalue weighted by molar-refractivity contribution is 0.122. The number of ether oxygens (including phenoxy) is 2. The van der Waals surface area contributed by atoms with Gasteiger partial charge < -0.3 is 30.3 Å². The Morgan fingerprint density at radius 2 is 1.86 bits per heavy atom. The van der Waals surface area contributed by atoms with Gasteiger partial charge in [0.05, 0.1) is 26.0 Å². The lowest BCUT2D eigenvalue weighted by Gasteiger charge is -2.29. The van der Waals surface area contributed by atoms with E-state index in [9.17, 15) is 8.78 Å². The van der Waals surface area contributed by atoms with Crippen LogP contribution in [0, 0.1) is 11.6 Å². The minimum atomic E-state index is -0.914. The van der Waals surface area contributed by atoms with Crippen LogP contribution in [0.4, 0.5) is 43.4 Å². The van der Waals surface area contributed by atoms with Crippen molar-refractivity contribution in [1.29, 1.82) is 0 Å². The third kappa shape index (κ3) is 4.07. The van der Waals surface area contributed by atoms with Gasteiger partial charge in [0.25, 0.3) is 0 Å². The zero-order valence-electron chi connectivity index (χ0n) is 19.3. The summed E-state index contributed by atoms with van der Waals surface area (Å²) < 4.78 is 38.4. The van der Waals surface area contributed by atoms with E-state index in [1.165, 1.54) is 6.07 Å². The predicted octanol–water partition coefficient (Wildman–Crippen LogP) is 4.54. The number of halogens is 2. The topological polar surface area (TPSA) is 83.6 Å². The van der Waals surface area contributed by atoms with Crippen molar-refractivity contribution in [3.05, 3.63) is 53.6 Å². The number of nitrogens with one attached hydrogen (secondary N) is 3. The molecule has 35 heavy (non-hydrogen) atoms.